The van der Waals surface area contributed by atoms with Crippen LogP contribution >= 0.6 is 11.6 Å². The van der Waals surface area contributed by atoms with Crippen molar-refractivity contribution in [3.63, 3.8) is 0 Å². The van der Waals surface area contributed by atoms with Gasteiger partial charge in [-0.1, -0.05) is 11.6 Å². The van der Waals surface area contributed by atoms with Crippen LogP contribution in [0.2, 0.25) is 5.02 Å². The molecule has 1 amide bonds. The maximum absolute atomic E-state index is 12.4. The Morgan fingerprint density at radius 2 is 2.04 bits per heavy atom. The lowest BCUT2D eigenvalue weighted by molar-refractivity contribution is -0.137. The molecule has 0 aliphatic carbocycles. The maximum atomic E-state index is 12.4. The van der Waals surface area contributed by atoms with Gasteiger partial charge in [-0.3, -0.25) is 14.3 Å². The van der Waals surface area contributed by atoms with Crippen molar-refractivity contribution >= 4 is 35.1 Å². The number of carboxylic acids is 1. The number of hydrogen-bond acceptors (Lipinski definition) is 6. The van der Waals surface area contributed by atoms with E-state index in [1.165, 1.54) is 23.3 Å². The Labute approximate surface area is 142 Å². The highest BCUT2D eigenvalue weighted by atomic mass is 35.5. The van der Waals surface area contributed by atoms with Gasteiger partial charge in [0.25, 0.3) is 5.91 Å². The van der Waals surface area contributed by atoms with Crippen LogP contribution in [0.5, 0.6) is 0 Å². The van der Waals surface area contributed by atoms with E-state index in [0.29, 0.717) is 11.6 Å². The summed E-state index contributed by atoms with van der Waals surface area (Å²) in [5.41, 5.74) is 0.429. The third-order valence-corrected chi connectivity index (χ3v) is 3.80. The molecule has 1 saturated heterocycles. The first kappa shape index (κ1) is 16.2. The Morgan fingerprint density at radius 1 is 1.29 bits per heavy atom. The van der Waals surface area contributed by atoms with E-state index >= 15 is 0 Å². The van der Waals surface area contributed by atoms with Gasteiger partial charge in [-0.05, 0) is 12.8 Å². The van der Waals surface area contributed by atoms with Crippen molar-refractivity contribution in [1.29, 1.82) is 0 Å². The first-order valence-electron chi connectivity index (χ1n) is 7.36. The molecule has 2 N–H and O–H groups in total. The van der Waals surface area contributed by atoms with Gasteiger partial charge in [0, 0.05) is 19.3 Å². The third kappa shape index (κ3) is 3.62. The van der Waals surface area contributed by atoms with Crippen molar-refractivity contribution in [2.24, 2.45) is 0 Å². The summed E-state index contributed by atoms with van der Waals surface area (Å²) in [6.45, 7) is 1.42. The second-order valence-corrected chi connectivity index (χ2v) is 5.74. The van der Waals surface area contributed by atoms with Gasteiger partial charge < -0.3 is 15.3 Å². The number of rotatable bonds is 5. The second kappa shape index (κ2) is 6.83. The van der Waals surface area contributed by atoms with Crippen LogP contribution in [0, 0.1) is 0 Å². The Morgan fingerprint density at radius 3 is 2.75 bits per heavy atom. The maximum Gasteiger partial charge on any atom is 0.325 e. The summed E-state index contributed by atoms with van der Waals surface area (Å²) in [6, 6.07) is 0. The highest BCUT2D eigenvalue weighted by molar-refractivity contribution is 6.34. The van der Waals surface area contributed by atoms with Gasteiger partial charge in [0.2, 0.25) is 5.95 Å². The topological polar surface area (TPSA) is 113 Å². The number of hydrogen-bond donors (Lipinski definition) is 2. The first-order chi connectivity index (χ1) is 11.5. The molecule has 1 aliphatic heterocycles. The van der Waals surface area contributed by atoms with Crippen molar-refractivity contribution in [3.05, 3.63) is 29.3 Å². The van der Waals surface area contributed by atoms with Crippen LogP contribution in [0.15, 0.2) is 18.6 Å². The van der Waals surface area contributed by atoms with E-state index in [0.717, 1.165) is 25.9 Å². The molecular weight excluding hydrogens is 336 g/mol. The van der Waals surface area contributed by atoms with Crippen molar-refractivity contribution in [2.75, 3.05) is 23.3 Å². The number of nitrogens with one attached hydrogen (secondary N) is 1. The molecule has 3 heterocycles. The molecule has 9 nitrogen and oxygen atoms in total. The van der Waals surface area contributed by atoms with Gasteiger partial charge in [-0.15, -0.1) is 0 Å². The van der Waals surface area contributed by atoms with Gasteiger partial charge in [0.15, 0.2) is 5.69 Å². The summed E-state index contributed by atoms with van der Waals surface area (Å²) in [5, 5.41) is 15.3. The average Bonchev–Trinajstić information content (AvgIpc) is 3.19. The number of carboxylic acid groups (broad SMARTS) is 1. The lowest BCUT2D eigenvalue weighted by Crippen LogP contribution is -2.23. The van der Waals surface area contributed by atoms with Gasteiger partial charge >= 0.3 is 5.97 Å². The van der Waals surface area contributed by atoms with E-state index in [9.17, 15) is 9.59 Å². The van der Waals surface area contributed by atoms with Gasteiger partial charge in [-0.2, -0.15) is 5.10 Å². The molecule has 1 fully saturated rings. The Hall–Kier alpha value is -2.68. The van der Waals surface area contributed by atoms with E-state index in [1.54, 1.807) is 0 Å². The zero-order valence-electron chi connectivity index (χ0n) is 12.6. The van der Waals surface area contributed by atoms with Crippen LogP contribution in [0.4, 0.5) is 11.6 Å². The fourth-order valence-corrected chi connectivity index (χ4v) is 2.61. The molecule has 10 heteroatoms. The molecule has 0 radical (unpaired) electrons. The van der Waals surface area contributed by atoms with Gasteiger partial charge in [0.05, 0.1) is 23.1 Å². The van der Waals surface area contributed by atoms with E-state index in [1.807, 2.05) is 4.90 Å². The monoisotopic (exact) mass is 350 g/mol. The minimum absolute atomic E-state index is 0.0690. The summed E-state index contributed by atoms with van der Waals surface area (Å²) < 4.78 is 1.20. The summed E-state index contributed by atoms with van der Waals surface area (Å²) in [5.74, 6) is -1.05. The molecule has 3 rings (SSSR count). The summed E-state index contributed by atoms with van der Waals surface area (Å²) >= 11 is 6.04. The SMILES string of the molecule is O=C(O)Cn1cc(NC(=O)c2nc(N3CCCC3)ncc2Cl)cn1. The van der Waals surface area contributed by atoms with Crippen LogP contribution in [0.25, 0.3) is 0 Å². The average molecular weight is 351 g/mol. The van der Waals surface area contributed by atoms with Crippen LogP contribution in [0.3, 0.4) is 0 Å². The molecule has 0 unspecified atom stereocenters. The van der Waals surface area contributed by atoms with Crippen molar-refractivity contribution in [1.82, 2.24) is 19.7 Å². The van der Waals surface area contributed by atoms with Crippen LogP contribution in [-0.2, 0) is 11.3 Å². The number of carbonyl (C=O) groups is 2. The smallest absolute Gasteiger partial charge is 0.325 e. The molecular formula is C14H15ClN6O3. The number of nitrogens with zero attached hydrogens (tertiary/aromatic N) is 5. The molecule has 0 saturated carbocycles. The number of anilines is 2. The Bertz CT molecular complexity index is 772. The predicted molar refractivity (Wildman–Crippen MR) is 86.3 cm³/mol. The van der Waals surface area contributed by atoms with E-state index in [-0.39, 0.29) is 17.3 Å². The van der Waals surface area contributed by atoms with Crippen LogP contribution in [-0.4, -0.2) is 49.8 Å². The summed E-state index contributed by atoms with van der Waals surface area (Å²) in [6.07, 6.45) is 6.32. The molecule has 24 heavy (non-hydrogen) atoms. The fraction of sp³-hybridized carbons (Fsp3) is 0.357. The molecule has 0 bridgehead atoms. The number of amides is 1. The standard InChI is InChI=1S/C14H15ClN6O3/c15-10-6-16-14(20-3-1-2-4-20)19-12(10)13(24)18-9-5-17-21(7-9)8-11(22)23/h5-7H,1-4,8H2,(H,18,24)(H,22,23). The minimum atomic E-state index is -1.02. The highest BCUT2D eigenvalue weighted by Crippen LogP contribution is 2.20. The molecule has 0 atom stereocenters. The lowest BCUT2D eigenvalue weighted by Gasteiger charge is -2.15. The summed E-state index contributed by atoms with van der Waals surface area (Å²) in [4.78, 5) is 33.4. The largest absolute Gasteiger partial charge is 0.480 e. The number of halogens is 1. The van der Waals surface area contributed by atoms with E-state index < -0.39 is 11.9 Å². The molecule has 0 aromatic carbocycles. The molecule has 2 aromatic rings. The van der Waals surface area contributed by atoms with E-state index in [2.05, 4.69) is 20.4 Å². The normalized spacial score (nSPS) is 14.0. The zero-order valence-corrected chi connectivity index (χ0v) is 13.4. The number of aliphatic carboxylic acids is 1. The third-order valence-electron chi connectivity index (χ3n) is 3.52. The molecule has 126 valence electrons. The fourth-order valence-electron chi connectivity index (χ4n) is 2.43. The molecule has 1 aliphatic rings. The Kier molecular flexibility index (Phi) is 4.61. The summed E-state index contributed by atoms with van der Waals surface area (Å²) in [7, 11) is 0. The molecule has 2 aromatic heterocycles. The zero-order chi connectivity index (χ0) is 17.1. The first-order valence-corrected chi connectivity index (χ1v) is 7.74. The van der Waals surface area contributed by atoms with Crippen molar-refractivity contribution in [2.45, 2.75) is 19.4 Å². The lowest BCUT2D eigenvalue weighted by atomic mass is 10.3. The van der Waals surface area contributed by atoms with Gasteiger partial charge in [-0.25, -0.2) is 9.97 Å². The van der Waals surface area contributed by atoms with Crippen molar-refractivity contribution < 1.29 is 14.7 Å². The predicted octanol–water partition coefficient (Wildman–Crippen LogP) is 1.26. The minimum Gasteiger partial charge on any atom is -0.480 e. The van der Waals surface area contributed by atoms with Gasteiger partial charge in [0.1, 0.15) is 6.54 Å². The van der Waals surface area contributed by atoms with Crippen LogP contribution in [0.1, 0.15) is 23.3 Å². The highest BCUT2D eigenvalue weighted by Gasteiger charge is 2.20. The number of carbonyl (C=O) groups excluding carboxylic acids is 1. The second-order valence-electron chi connectivity index (χ2n) is 5.34. The van der Waals surface area contributed by atoms with Crippen LogP contribution < -0.4 is 10.2 Å². The quantitative estimate of drug-likeness (QED) is 0.834. The molecule has 0 spiro atoms. The van der Waals surface area contributed by atoms with E-state index in [4.69, 9.17) is 16.7 Å². The number of aromatic nitrogens is 4. The van der Waals surface area contributed by atoms with Crippen molar-refractivity contribution in [3.8, 4) is 0 Å². The Balaban J connectivity index is 1.75.